The van der Waals surface area contributed by atoms with Gasteiger partial charge in [-0.3, -0.25) is 0 Å². The summed E-state index contributed by atoms with van der Waals surface area (Å²) in [5.41, 5.74) is 1.20. The van der Waals surface area contributed by atoms with Crippen molar-refractivity contribution < 1.29 is 0 Å². The van der Waals surface area contributed by atoms with Crippen molar-refractivity contribution >= 4 is 21.6 Å². The van der Waals surface area contributed by atoms with Crippen LogP contribution in [0.1, 0.15) is 5.69 Å². The summed E-state index contributed by atoms with van der Waals surface area (Å²) >= 11 is 3.35. The van der Waals surface area contributed by atoms with E-state index in [9.17, 15) is 0 Å². The monoisotopic (exact) mass is 221 g/mol. The van der Waals surface area contributed by atoms with Gasteiger partial charge in [-0.1, -0.05) is 0 Å². The van der Waals surface area contributed by atoms with Gasteiger partial charge >= 0.3 is 0 Å². The summed E-state index contributed by atoms with van der Waals surface area (Å²) in [6, 6.07) is 5.77. The molecule has 0 bridgehead atoms. The van der Waals surface area contributed by atoms with Crippen LogP contribution in [0.25, 0.3) is 5.65 Å². The fraction of sp³-hybridized carbons (Fsp3) is 0. The Morgan fingerprint density at radius 1 is 1.58 bits per heavy atom. The molecule has 0 saturated carbocycles. The molecule has 0 aliphatic carbocycles. The van der Waals surface area contributed by atoms with Crippen molar-refractivity contribution in [1.82, 2.24) is 9.38 Å². The van der Waals surface area contributed by atoms with Crippen molar-refractivity contribution in [3.8, 4) is 6.07 Å². The van der Waals surface area contributed by atoms with Crippen molar-refractivity contribution in [3.05, 3.63) is 34.7 Å². The number of imidazole rings is 1. The van der Waals surface area contributed by atoms with E-state index in [1.165, 1.54) is 0 Å². The van der Waals surface area contributed by atoms with Crippen molar-refractivity contribution in [2.45, 2.75) is 0 Å². The van der Waals surface area contributed by atoms with Crippen LogP contribution in [-0.4, -0.2) is 9.38 Å². The number of hydrogen-bond acceptors (Lipinski definition) is 2. The lowest BCUT2D eigenvalue weighted by Crippen LogP contribution is -1.80. The molecule has 0 amide bonds. The van der Waals surface area contributed by atoms with Gasteiger partial charge in [-0.15, -0.1) is 0 Å². The highest BCUT2D eigenvalue weighted by atomic mass is 79.9. The molecule has 0 aromatic carbocycles. The Morgan fingerprint density at radius 3 is 3.08 bits per heavy atom. The van der Waals surface area contributed by atoms with Crippen molar-refractivity contribution in [3.63, 3.8) is 0 Å². The van der Waals surface area contributed by atoms with Crippen LogP contribution in [0.5, 0.6) is 0 Å². The van der Waals surface area contributed by atoms with Crippen LogP contribution in [-0.2, 0) is 0 Å². The fourth-order valence-corrected chi connectivity index (χ4v) is 1.48. The van der Waals surface area contributed by atoms with Crippen LogP contribution in [0.15, 0.2) is 29.0 Å². The summed E-state index contributed by atoms with van der Waals surface area (Å²) in [4.78, 5) is 4.09. The molecule has 0 fully saturated rings. The van der Waals surface area contributed by atoms with Gasteiger partial charge in [0, 0.05) is 12.4 Å². The fourth-order valence-electron chi connectivity index (χ4n) is 1.03. The maximum atomic E-state index is 8.59. The van der Waals surface area contributed by atoms with Gasteiger partial charge in [-0.05, 0) is 28.1 Å². The van der Waals surface area contributed by atoms with Gasteiger partial charge in [-0.25, -0.2) is 4.98 Å². The van der Waals surface area contributed by atoms with Crippen LogP contribution in [0, 0.1) is 11.3 Å². The Labute approximate surface area is 77.4 Å². The average Bonchev–Trinajstić information content (AvgIpc) is 2.49. The van der Waals surface area contributed by atoms with E-state index in [-0.39, 0.29) is 0 Å². The van der Waals surface area contributed by atoms with Crippen molar-refractivity contribution in [2.75, 3.05) is 0 Å². The van der Waals surface area contributed by atoms with E-state index in [2.05, 4.69) is 20.9 Å². The molecule has 0 radical (unpaired) electrons. The lowest BCUT2D eigenvalue weighted by molar-refractivity contribution is 1.18. The molecule has 58 valence electrons. The number of halogens is 1. The molecule has 0 aliphatic rings. The normalized spacial score (nSPS) is 10.0. The molecule has 0 N–H and O–H groups in total. The lowest BCUT2D eigenvalue weighted by atomic mass is 10.5. The summed E-state index contributed by atoms with van der Waals surface area (Å²) in [5.74, 6) is 0. The molecule has 2 aromatic heterocycles. The summed E-state index contributed by atoms with van der Waals surface area (Å²) in [6.45, 7) is 0. The van der Waals surface area contributed by atoms with Crippen LogP contribution < -0.4 is 0 Å². The highest BCUT2D eigenvalue weighted by Crippen LogP contribution is 2.16. The molecule has 4 heteroatoms. The molecule has 0 atom stereocenters. The van der Waals surface area contributed by atoms with Gasteiger partial charge in [0.1, 0.15) is 6.07 Å². The lowest BCUT2D eigenvalue weighted by Gasteiger charge is -1.92. The predicted molar refractivity (Wildman–Crippen MR) is 47.6 cm³/mol. The molecule has 2 heterocycles. The van der Waals surface area contributed by atoms with Crippen molar-refractivity contribution in [2.24, 2.45) is 0 Å². The zero-order valence-corrected chi connectivity index (χ0v) is 7.62. The van der Waals surface area contributed by atoms with E-state index < -0.39 is 0 Å². The Balaban J connectivity index is 2.85. The number of pyridine rings is 1. The highest BCUT2D eigenvalue weighted by molar-refractivity contribution is 9.10. The highest BCUT2D eigenvalue weighted by Gasteiger charge is 2.02. The molecule has 3 nitrogen and oxygen atoms in total. The first kappa shape index (κ1) is 7.32. The first-order valence-corrected chi connectivity index (χ1v) is 4.14. The van der Waals surface area contributed by atoms with Gasteiger partial charge in [0.25, 0.3) is 0 Å². The molecule has 0 spiro atoms. The van der Waals surface area contributed by atoms with E-state index >= 15 is 0 Å². The van der Waals surface area contributed by atoms with E-state index in [1.807, 2.05) is 28.8 Å². The number of nitrogens with zero attached hydrogens (tertiary/aromatic N) is 3. The number of rotatable bonds is 0. The molecule has 2 aromatic rings. The number of aromatic nitrogens is 2. The summed E-state index contributed by atoms with van der Waals surface area (Å²) in [5, 5.41) is 8.59. The average molecular weight is 222 g/mol. The predicted octanol–water partition coefficient (Wildman–Crippen LogP) is 1.97. The van der Waals surface area contributed by atoms with Gasteiger partial charge in [0.15, 0.2) is 11.3 Å². The SMILES string of the molecule is N#Cc1cn2cccc(Br)c2n1. The molecule has 0 saturated heterocycles. The second-order valence-corrected chi connectivity index (χ2v) is 3.18. The Kier molecular flexibility index (Phi) is 1.59. The molecule has 0 unspecified atom stereocenters. The zero-order chi connectivity index (χ0) is 8.55. The van der Waals surface area contributed by atoms with Crippen LogP contribution >= 0.6 is 15.9 Å². The molecule has 0 aliphatic heterocycles. The molecule has 12 heavy (non-hydrogen) atoms. The Morgan fingerprint density at radius 2 is 2.42 bits per heavy atom. The first-order chi connectivity index (χ1) is 5.81. The Hall–Kier alpha value is -1.34. The van der Waals surface area contributed by atoms with Crippen molar-refractivity contribution in [1.29, 1.82) is 5.26 Å². The maximum Gasteiger partial charge on any atom is 0.159 e. The van der Waals surface area contributed by atoms with Crippen LogP contribution in [0.3, 0.4) is 0 Å². The van der Waals surface area contributed by atoms with E-state index in [4.69, 9.17) is 5.26 Å². The van der Waals surface area contributed by atoms with Gasteiger partial charge in [-0.2, -0.15) is 5.26 Å². The summed E-state index contributed by atoms with van der Waals surface area (Å²) < 4.78 is 2.70. The third-order valence-corrected chi connectivity index (χ3v) is 2.17. The summed E-state index contributed by atoms with van der Waals surface area (Å²) in [7, 11) is 0. The van der Waals surface area contributed by atoms with Gasteiger partial charge < -0.3 is 4.40 Å². The maximum absolute atomic E-state index is 8.59. The van der Waals surface area contributed by atoms with Gasteiger partial charge in [0.2, 0.25) is 0 Å². The van der Waals surface area contributed by atoms with Gasteiger partial charge in [0.05, 0.1) is 4.47 Å². The molecule has 2 rings (SSSR count). The largest absolute Gasteiger partial charge is 0.305 e. The third-order valence-electron chi connectivity index (χ3n) is 1.55. The van der Waals surface area contributed by atoms with E-state index in [0.29, 0.717) is 5.69 Å². The first-order valence-electron chi connectivity index (χ1n) is 3.34. The minimum absolute atomic E-state index is 0.432. The second-order valence-electron chi connectivity index (χ2n) is 2.32. The minimum Gasteiger partial charge on any atom is -0.305 e. The molecular formula is C8H4BrN3. The zero-order valence-electron chi connectivity index (χ0n) is 6.03. The smallest absolute Gasteiger partial charge is 0.159 e. The summed E-state index contributed by atoms with van der Waals surface area (Å²) in [6.07, 6.45) is 3.55. The number of nitriles is 1. The quantitative estimate of drug-likeness (QED) is 0.683. The van der Waals surface area contributed by atoms with Crippen LogP contribution in [0.2, 0.25) is 0 Å². The van der Waals surface area contributed by atoms with Crippen LogP contribution in [0.4, 0.5) is 0 Å². The molecular weight excluding hydrogens is 218 g/mol. The van der Waals surface area contributed by atoms with E-state index in [0.717, 1.165) is 10.1 Å². The third kappa shape index (κ3) is 0.990. The standard InChI is InChI=1S/C8H4BrN3/c9-7-2-1-3-12-5-6(4-10)11-8(7)12/h1-3,5H. The number of fused-ring (bicyclic) bond motifs is 1. The van der Waals surface area contributed by atoms with E-state index in [1.54, 1.807) is 6.20 Å². The second kappa shape index (κ2) is 2.61. The minimum atomic E-state index is 0.432. The Bertz CT molecular complexity index is 467. The topological polar surface area (TPSA) is 41.1 Å². The number of hydrogen-bond donors (Lipinski definition) is 0.